The summed E-state index contributed by atoms with van der Waals surface area (Å²) >= 11 is 0. The van der Waals surface area contributed by atoms with Crippen molar-refractivity contribution >= 4 is 11.9 Å². The molecule has 1 unspecified atom stereocenters. The van der Waals surface area contributed by atoms with Gasteiger partial charge >= 0.3 is 11.9 Å². The summed E-state index contributed by atoms with van der Waals surface area (Å²) in [4.78, 5) is 23.0. The zero-order valence-corrected chi connectivity index (χ0v) is 14.2. The molecular formula is C17H32O4. The molecule has 0 fully saturated rings. The Labute approximate surface area is 129 Å². The van der Waals surface area contributed by atoms with Gasteiger partial charge in [0, 0.05) is 12.8 Å². The first-order valence-electron chi connectivity index (χ1n) is 8.30. The highest BCUT2D eigenvalue weighted by atomic mass is 16.5. The molecule has 0 amide bonds. The molecule has 0 aromatic rings. The van der Waals surface area contributed by atoms with E-state index in [9.17, 15) is 9.59 Å². The van der Waals surface area contributed by atoms with Gasteiger partial charge in [0.2, 0.25) is 0 Å². The number of ether oxygens (including phenoxy) is 2. The predicted molar refractivity (Wildman–Crippen MR) is 84.0 cm³/mol. The minimum Gasteiger partial charge on any atom is -0.466 e. The third-order valence-corrected chi connectivity index (χ3v) is 3.25. The summed E-state index contributed by atoms with van der Waals surface area (Å²) in [6.07, 6.45) is 6.09. The number of carbonyl (C=O) groups excluding carboxylic acids is 2. The van der Waals surface area contributed by atoms with Crippen LogP contribution in [0.2, 0.25) is 0 Å². The lowest BCUT2D eigenvalue weighted by Crippen LogP contribution is -2.15. The van der Waals surface area contributed by atoms with Gasteiger partial charge in [0.1, 0.15) is 0 Å². The van der Waals surface area contributed by atoms with Crippen molar-refractivity contribution in [2.45, 2.75) is 85.2 Å². The highest BCUT2D eigenvalue weighted by molar-refractivity contribution is 5.72. The number of esters is 2. The van der Waals surface area contributed by atoms with Crippen LogP contribution in [0, 0.1) is 5.92 Å². The van der Waals surface area contributed by atoms with Crippen LogP contribution in [0.15, 0.2) is 0 Å². The largest absolute Gasteiger partial charge is 0.466 e. The third kappa shape index (κ3) is 13.7. The van der Waals surface area contributed by atoms with Gasteiger partial charge in [-0.15, -0.1) is 0 Å². The molecule has 0 saturated carbocycles. The van der Waals surface area contributed by atoms with E-state index in [4.69, 9.17) is 9.47 Å². The van der Waals surface area contributed by atoms with E-state index in [1.807, 2.05) is 13.8 Å². The van der Waals surface area contributed by atoms with Crippen molar-refractivity contribution in [2.75, 3.05) is 6.61 Å². The predicted octanol–water partition coefficient (Wildman–Crippen LogP) is 4.26. The fourth-order valence-corrected chi connectivity index (χ4v) is 1.94. The molecule has 0 aliphatic rings. The standard InChI is InChI=1S/C17H32O4/c1-5-6-13-20-16(18)11-8-12-17(19)21-15(4)10-7-9-14(2)3/h14-15H,5-13H2,1-4H3. The smallest absolute Gasteiger partial charge is 0.306 e. The van der Waals surface area contributed by atoms with Crippen LogP contribution >= 0.6 is 0 Å². The van der Waals surface area contributed by atoms with E-state index in [-0.39, 0.29) is 24.5 Å². The molecule has 0 aliphatic heterocycles. The van der Waals surface area contributed by atoms with Gasteiger partial charge in [-0.05, 0) is 38.5 Å². The summed E-state index contributed by atoms with van der Waals surface area (Å²) in [5.41, 5.74) is 0. The Morgan fingerprint density at radius 1 is 0.905 bits per heavy atom. The molecule has 0 aliphatic carbocycles. The first-order chi connectivity index (χ1) is 9.95. The molecule has 0 radical (unpaired) electrons. The van der Waals surface area contributed by atoms with Gasteiger partial charge in [-0.2, -0.15) is 0 Å². The second-order valence-electron chi connectivity index (χ2n) is 6.05. The molecule has 1 atom stereocenters. The van der Waals surface area contributed by atoms with Gasteiger partial charge < -0.3 is 9.47 Å². The molecule has 4 heteroatoms. The fraction of sp³-hybridized carbons (Fsp3) is 0.882. The van der Waals surface area contributed by atoms with Gasteiger partial charge in [0.15, 0.2) is 0 Å². The van der Waals surface area contributed by atoms with Crippen molar-refractivity contribution < 1.29 is 19.1 Å². The van der Waals surface area contributed by atoms with Crippen molar-refractivity contribution in [3.05, 3.63) is 0 Å². The van der Waals surface area contributed by atoms with Gasteiger partial charge in [-0.1, -0.05) is 33.6 Å². The van der Waals surface area contributed by atoms with Crippen LogP contribution < -0.4 is 0 Å². The molecular weight excluding hydrogens is 268 g/mol. The summed E-state index contributed by atoms with van der Waals surface area (Å²) in [6.45, 7) is 8.84. The topological polar surface area (TPSA) is 52.6 Å². The lowest BCUT2D eigenvalue weighted by molar-refractivity contribution is -0.149. The van der Waals surface area contributed by atoms with Gasteiger partial charge in [-0.25, -0.2) is 0 Å². The summed E-state index contributed by atoms with van der Waals surface area (Å²) < 4.78 is 10.4. The lowest BCUT2D eigenvalue weighted by Gasteiger charge is -2.13. The monoisotopic (exact) mass is 300 g/mol. The highest BCUT2D eigenvalue weighted by Crippen LogP contribution is 2.11. The Morgan fingerprint density at radius 2 is 1.57 bits per heavy atom. The molecule has 0 spiro atoms. The van der Waals surface area contributed by atoms with Crippen molar-refractivity contribution in [3.63, 3.8) is 0 Å². The zero-order valence-electron chi connectivity index (χ0n) is 14.2. The maximum absolute atomic E-state index is 11.6. The molecule has 0 bridgehead atoms. The highest BCUT2D eigenvalue weighted by Gasteiger charge is 2.11. The van der Waals surface area contributed by atoms with E-state index >= 15 is 0 Å². The zero-order chi connectivity index (χ0) is 16.1. The van der Waals surface area contributed by atoms with Crippen LogP contribution in [0.3, 0.4) is 0 Å². The number of rotatable bonds is 12. The number of hydrogen-bond acceptors (Lipinski definition) is 4. The Kier molecular flexibility index (Phi) is 12.0. The molecule has 0 saturated heterocycles. The first-order valence-corrected chi connectivity index (χ1v) is 8.30. The summed E-state index contributed by atoms with van der Waals surface area (Å²) in [6, 6.07) is 0. The first kappa shape index (κ1) is 19.9. The van der Waals surface area contributed by atoms with Crippen LogP contribution in [-0.2, 0) is 19.1 Å². The Bertz CT molecular complexity index is 287. The van der Waals surface area contributed by atoms with Gasteiger partial charge in [0.05, 0.1) is 12.7 Å². The summed E-state index contributed by atoms with van der Waals surface area (Å²) in [7, 11) is 0. The average Bonchev–Trinajstić information content (AvgIpc) is 2.38. The maximum atomic E-state index is 11.6. The van der Waals surface area contributed by atoms with Crippen molar-refractivity contribution in [2.24, 2.45) is 5.92 Å². The van der Waals surface area contributed by atoms with Crippen molar-refractivity contribution in [3.8, 4) is 0 Å². The van der Waals surface area contributed by atoms with E-state index in [0.717, 1.165) is 32.1 Å². The van der Waals surface area contributed by atoms with E-state index in [0.29, 0.717) is 25.4 Å². The van der Waals surface area contributed by atoms with Crippen LogP contribution in [-0.4, -0.2) is 24.6 Å². The second kappa shape index (κ2) is 12.7. The number of carbonyl (C=O) groups is 2. The van der Waals surface area contributed by atoms with Crippen LogP contribution in [0.5, 0.6) is 0 Å². The van der Waals surface area contributed by atoms with Crippen molar-refractivity contribution in [1.29, 1.82) is 0 Å². The average molecular weight is 300 g/mol. The molecule has 0 rings (SSSR count). The maximum Gasteiger partial charge on any atom is 0.306 e. The quantitative estimate of drug-likeness (QED) is 0.399. The van der Waals surface area contributed by atoms with Crippen LogP contribution in [0.25, 0.3) is 0 Å². The fourth-order valence-electron chi connectivity index (χ4n) is 1.94. The molecule has 124 valence electrons. The number of hydrogen-bond donors (Lipinski definition) is 0. The summed E-state index contributed by atoms with van der Waals surface area (Å²) in [5, 5.41) is 0. The third-order valence-electron chi connectivity index (χ3n) is 3.25. The molecule has 0 aromatic carbocycles. The van der Waals surface area contributed by atoms with Crippen LogP contribution in [0.4, 0.5) is 0 Å². The summed E-state index contributed by atoms with van der Waals surface area (Å²) in [5.74, 6) is 0.251. The number of unbranched alkanes of at least 4 members (excludes halogenated alkanes) is 1. The Hall–Kier alpha value is -1.06. The molecule has 21 heavy (non-hydrogen) atoms. The molecule has 0 N–H and O–H groups in total. The SMILES string of the molecule is CCCCOC(=O)CCCC(=O)OC(C)CCCC(C)C. The Morgan fingerprint density at radius 3 is 2.19 bits per heavy atom. The normalized spacial score (nSPS) is 12.2. The minimum atomic E-state index is -0.221. The van der Waals surface area contributed by atoms with Crippen molar-refractivity contribution in [1.82, 2.24) is 0 Å². The van der Waals surface area contributed by atoms with E-state index in [1.165, 1.54) is 0 Å². The molecule has 4 nitrogen and oxygen atoms in total. The second-order valence-corrected chi connectivity index (χ2v) is 6.05. The molecule has 0 aromatic heterocycles. The van der Waals surface area contributed by atoms with E-state index in [1.54, 1.807) is 0 Å². The van der Waals surface area contributed by atoms with Gasteiger partial charge in [-0.3, -0.25) is 9.59 Å². The molecule has 0 heterocycles. The van der Waals surface area contributed by atoms with Gasteiger partial charge in [0.25, 0.3) is 0 Å². The van der Waals surface area contributed by atoms with E-state index < -0.39 is 0 Å². The van der Waals surface area contributed by atoms with Crippen LogP contribution in [0.1, 0.15) is 79.1 Å². The van der Waals surface area contributed by atoms with E-state index in [2.05, 4.69) is 13.8 Å². The lowest BCUT2D eigenvalue weighted by atomic mass is 10.0. The Balaban J connectivity index is 3.58. The minimum absolute atomic E-state index is 0.0345.